The highest BCUT2D eigenvalue weighted by molar-refractivity contribution is 7.34. The van der Waals surface area contributed by atoms with Gasteiger partial charge in [0.15, 0.2) is 0 Å². The molecule has 0 atom stereocenters. The van der Waals surface area contributed by atoms with E-state index in [1.54, 1.807) is 0 Å². The normalized spacial score (nSPS) is 11.1. The first-order valence-electron chi connectivity index (χ1n) is 37.6. The highest BCUT2D eigenvalue weighted by Crippen LogP contribution is 2.41. The predicted molar refractivity (Wildman–Crippen MR) is 477 cm³/mol. The second-order valence-corrected chi connectivity index (χ2v) is 32.8. The summed E-state index contributed by atoms with van der Waals surface area (Å²) < 4.78 is 2.82. The van der Waals surface area contributed by atoms with Crippen molar-refractivity contribution < 1.29 is 0 Å². The summed E-state index contributed by atoms with van der Waals surface area (Å²) in [5, 5.41) is 0. The summed E-state index contributed by atoms with van der Waals surface area (Å²) in [4.78, 5) is 7.71. The van der Waals surface area contributed by atoms with E-state index < -0.39 is 0 Å². The molecule has 0 N–H and O–H groups in total. The molecule has 3 heterocycles. The molecule has 0 saturated carbocycles. The standard InChI is InChI=1S/C54H39N.C48H50B2S3/c1-4-10-40(11-5-1)43-16-22-46(23-17-43)49-28-34-52(35-29-49)55(53-36-30-50(31-37-53)47-24-18-44(19-25-47)41-12-6-2-7-13-41)54-38-32-51(33-39-54)48-26-20-45(21-27-48)42-14-8-3-9-15-42;1-27-19-31(5)45(32(6)20-27)49(46-33(7)21-28(2)22-34(46)8)43-17-15-41(52-43)39-13-14-40(51-39)42-16-18-44(53-42)50(47-35(9)23-29(3)24-36(47)10)48-37(11)25-30(4)26-38(48)12/h1-39H;13-26H,1-12H3. The van der Waals surface area contributed by atoms with Crippen molar-refractivity contribution in [2.24, 2.45) is 0 Å². The minimum absolute atomic E-state index is 0.202. The lowest BCUT2D eigenvalue weighted by Gasteiger charge is -2.26. The van der Waals surface area contributed by atoms with Crippen molar-refractivity contribution >= 4 is 95.9 Å². The van der Waals surface area contributed by atoms with Gasteiger partial charge in [0, 0.05) is 36.6 Å². The van der Waals surface area contributed by atoms with Crippen LogP contribution in [0.4, 0.5) is 17.1 Å². The lowest BCUT2D eigenvalue weighted by Crippen LogP contribution is -2.54. The van der Waals surface area contributed by atoms with E-state index in [1.165, 1.54) is 184 Å². The number of rotatable bonds is 17. The van der Waals surface area contributed by atoms with E-state index in [0.717, 1.165) is 17.1 Å². The van der Waals surface area contributed by atoms with E-state index in [9.17, 15) is 0 Å². The van der Waals surface area contributed by atoms with E-state index in [1.807, 2.05) is 34.0 Å². The van der Waals surface area contributed by atoms with Crippen LogP contribution < -0.4 is 36.3 Å². The smallest absolute Gasteiger partial charge is 0.255 e. The van der Waals surface area contributed by atoms with Crippen molar-refractivity contribution in [1.29, 1.82) is 0 Å². The maximum Gasteiger partial charge on any atom is 0.255 e. The summed E-state index contributed by atoms with van der Waals surface area (Å²) in [5.74, 6) is 0. The van der Waals surface area contributed by atoms with Gasteiger partial charge in [-0.05, 0) is 220 Å². The van der Waals surface area contributed by atoms with Crippen LogP contribution in [-0.2, 0) is 0 Å². The topological polar surface area (TPSA) is 3.24 Å². The fourth-order valence-corrected chi connectivity index (χ4v) is 20.1. The minimum atomic E-state index is 0.202. The Bertz CT molecular complexity index is 5150. The van der Waals surface area contributed by atoms with E-state index in [-0.39, 0.29) is 13.4 Å². The van der Waals surface area contributed by atoms with Crippen LogP contribution in [0.2, 0.25) is 0 Å². The van der Waals surface area contributed by atoms with Crippen molar-refractivity contribution in [3.63, 3.8) is 0 Å². The highest BCUT2D eigenvalue weighted by atomic mass is 32.1. The first kappa shape index (κ1) is 72.5. The Balaban J connectivity index is 0.000000172. The van der Waals surface area contributed by atoms with Crippen LogP contribution in [0.25, 0.3) is 86.3 Å². The van der Waals surface area contributed by atoms with Crippen LogP contribution in [0, 0.1) is 83.1 Å². The Hall–Kier alpha value is -11.1. The molecule has 0 aliphatic heterocycles. The molecule has 3 aromatic heterocycles. The molecule has 0 radical (unpaired) electrons. The van der Waals surface area contributed by atoms with Gasteiger partial charge in [0.25, 0.3) is 13.4 Å². The van der Waals surface area contributed by atoms with Gasteiger partial charge in [0.05, 0.1) is 0 Å². The molecule has 0 amide bonds. The second-order valence-electron chi connectivity index (χ2n) is 29.5. The van der Waals surface area contributed by atoms with Gasteiger partial charge in [-0.2, -0.15) is 0 Å². The van der Waals surface area contributed by atoms with E-state index in [2.05, 4.69) is 410 Å². The molecule has 13 aromatic carbocycles. The zero-order valence-corrected chi connectivity index (χ0v) is 66.4. The molecule has 0 unspecified atom stereocenters. The Morgan fingerprint density at radius 3 is 0.574 bits per heavy atom. The molecule has 0 saturated heterocycles. The van der Waals surface area contributed by atoms with E-state index in [4.69, 9.17) is 0 Å². The van der Waals surface area contributed by atoms with Crippen LogP contribution >= 0.6 is 34.0 Å². The molecule has 108 heavy (non-hydrogen) atoms. The third kappa shape index (κ3) is 15.6. The number of hydrogen-bond acceptors (Lipinski definition) is 4. The summed E-state index contributed by atoms with van der Waals surface area (Å²) in [5.41, 5.74) is 39.9. The predicted octanol–water partition coefficient (Wildman–Crippen LogP) is 25.1. The van der Waals surface area contributed by atoms with Crippen LogP contribution in [0.1, 0.15) is 66.8 Å². The summed E-state index contributed by atoms with van der Waals surface area (Å²) in [6.45, 7) is 27.6. The molecule has 0 bridgehead atoms. The summed E-state index contributed by atoms with van der Waals surface area (Å²) in [6.07, 6.45) is 0. The van der Waals surface area contributed by atoms with Crippen molar-refractivity contribution in [1.82, 2.24) is 0 Å². The third-order valence-electron chi connectivity index (χ3n) is 21.4. The highest BCUT2D eigenvalue weighted by Gasteiger charge is 2.32. The Labute approximate surface area is 653 Å². The number of benzene rings is 13. The van der Waals surface area contributed by atoms with Gasteiger partial charge >= 0.3 is 0 Å². The SMILES string of the molecule is Cc1cc(C)c(B(c2ccc(-c3ccc(-c4ccc(B(c5c(C)cc(C)cc5C)c5c(C)cc(C)cc5C)s4)s3)s2)c2c(C)cc(C)cc2C)c(C)c1.c1ccc(-c2ccc(-c3ccc(N(c4ccc(-c5ccc(-c6ccccc6)cc5)cc4)c4ccc(-c5ccc(-c6ccccc6)cc5)cc4)cc3)cc2)cc1. The monoisotopic (exact) mass is 1450 g/mol. The second kappa shape index (κ2) is 31.8. The molecule has 0 aliphatic carbocycles. The van der Waals surface area contributed by atoms with Gasteiger partial charge in [-0.25, -0.2) is 0 Å². The van der Waals surface area contributed by atoms with Crippen molar-refractivity contribution in [2.75, 3.05) is 4.90 Å². The van der Waals surface area contributed by atoms with Gasteiger partial charge < -0.3 is 4.90 Å². The van der Waals surface area contributed by atoms with Crippen LogP contribution in [0.3, 0.4) is 0 Å². The van der Waals surface area contributed by atoms with Crippen molar-refractivity contribution in [2.45, 2.75) is 83.1 Å². The minimum Gasteiger partial charge on any atom is -0.311 e. The first-order chi connectivity index (χ1) is 52.4. The zero-order chi connectivity index (χ0) is 74.7. The molecule has 0 aliphatic rings. The maximum absolute atomic E-state index is 2.40. The van der Waals surface area contributed by atoms with Gasteiger partial charge in [0.2, 0.25) is 0 Å². The Morgan fingerprint density at radius 1 is 0.185 bits per heavy atom. The lowest BCUT2D eigenvalue weighted by atomic mass is 9.37. The zero-order valence-electron chi connectivity index (χ0n) is 63.9. The molecular weight excluding hydrogens is 1360 g/mol. The summed E-state index contributed by atoms with van der Waals surface area (Å²) >= 11 is 5.85. The van der Waals surface area contributed by atoms with Gasteiger partial charge in [-0.15, -0.1) is 34.0 Å². The molecular formula is C102H89B2NS3. The number of anilines is 3. The van der Waals surface area contributed by atoms with Gasteiger partial charge in [-0.3, -0.25) is 0 Å². The number of thiophene rings is 3. The van der Waals surface area contributed by atoms with Crippen LogP contribution in [0.15, 0.2) is 322 Å². The lowest BCUT2D eigenvalue weighted by molar-refractivity contribution is 1.28. The van der Waals surface area contributed by atoms with Crippen LogP contribution in [-0.4, -0.2) is 13.4 Å². The summed E-state index contributed by atoms with van der Waals surface area (Å²) in [7, 11) is 0. The molecule has 526 valence electrons. The van der Waals surface area contributed by atoms with Crippen LogP contribution in [0.5, 0.6) is 0 Å². The molecule has 0 fully saturated rings. The molecule has 1 nitrogen and oxygen atoms in total. The molecule has 16 aromatic rings. The average molecular weight is 1450 g/mol. The number of hydrogen-bond donors (Lipinski definition) is 0. The molecule has 6 heteroatoms. The average Bonchev–Trinajstić information content (AvgIpc) is 1.69. The number of nitrogens with zero attached hydrogens (tertiary/aromatic N) is 1. The van der Waals surface area contributed by atoms with E-state index in [0.29, 0.717) is 0 Å². The van der Waals surface area contributed by atoms with E-state index >= 15 is 0 Å². The summed E-state index contributed by atoms with van der Waals surface area (Å²) in [6, 6.07) is 118. The fourth-order valence-electron chi connectivity index (χ4n) is 16.6. The molecule has 0 spiro atoms. The molecule has 16 rings (SSSR count). The third-order valence-corrected chi connectivity index (χ3v) is 25.2. The Kier molecular flexibility index (Phi) is 21.3. The first-order valence-corrected chi connectivity index (χ1v) is 40.1. The number of aryl methyl sites for hydroxylation is 12. The fraction of sp³-hybridized carbons (Fsp3) is 0.118. The van der Waals surface area contributed by atoms with Crippen molar-refractivity contribution in [3.8, 4) is 86.3 Å². The largest absolute Gasteiger partial charge is 0.311 e. The van der Waals surface area contributed by atoms with Gasteiger partial charge in [-0.1, -0.05) is 349 Å². The van der Waals surface area contributed by atoms with Gasteiger partial charge in [0.1, 0.15) is 0 Å². The Morgan fingerprint density at radius 2 is 0.361 bits per heavy atom. The quantitative estimate of drug-likeness (QED) is 0.0822. The van der Waals surface area contributed by atoms with Crippen molar-refractivity contribution in [3.05, 3.63) is 388 Å². The maximum atomic E-state index is 2.40.